The number of nitrogens with one attached hydrogen (secondary N) is 2. The maximum Gasteiger partial charge on any atom is 0.242 e. The Bertz CT molecular complexity index is 523. The van der Waals surface area contributed by atoms with E-state index >= 15 is 0 Å². The highest BCUT2D eigenvalue weighted by Crippen LogP contribution is 2.15. The summed E-state index contributed by atoms with van der Waals surface area (Å²) in [6.07, 6.45) is 0. The molecule has 1 aromatic carbocycles. The molecule has 21 heavy (non-hydrogen) atoms. The summed E-state index contributed by atoms with van der Waals surface area (Å²) in [5, 5.41) is 6.34. The number of carbonyl (C=O) groups excluding carboxylic acids is 2. The lowest BCUT2D eigenvalue weighted by Gasteiger charge is -2.33. The Morgan fingerprint density at radius 2 is 2.24 bits per heavy atom. The van der Waals surface area contributed by atoms with Crippen LogP contribution in [-0.4, -0.2) is 41.9 Å². The summed E-state index contributed by atoms with van der Waals surface area (Å²) >= 11 is 5.99. The molecule has 1 fully saturated rings. The highest BCUT2D eigenvalue weighted by molar-refractivity contribution is 6.30. The Balaban J connectivity index is 2.08. The van der Waals surface area contributed by atoms with Gasteiger partial charge in [-0.05, 0) is 31.5 Å². The van der Waals surface area contributed by atoms with Crippen LogP contribution >= 0.6 is 11.6 Å². The van der Waals surface area contributed by atoms with E-state index in [0.29, 0.717) is 18.1 Å². The van der Waals surface area contributed by atoms with Gasteiger partial charge in [0.1, 0.15) is 6.04 Å². The van der Waals surface area contributed by atoms with Crippen LogP contribution in [0.2, 0.25) is 5.02 Å². The van der Waals surface area contributed by atoms with Gasteiger partial charge in [-0.3, -0.25) is 14.9 Å². The fraction of sp³-hybridized carbons (Fsp3) is 0.467. The third-order valence-electron chi connectivity index (χ3n) is 3.46. The molecule has 1 heterocycles. The van der Waals surface area contributed by atoms with E-state index in [2.05, 4.69) is 10.6 Å². The number of halogens is 1. The first-order valence-electron chi connectivity index (χ1n) is 7.02. The maximum absolute atomic E-state index is 12.6. The number of benzene rings is 1. The van der Waals surface area contributed by atoms with Gasteiger partial charge in [-0.2, -0.15) is 0 Å². The fourth-order valence-electron chi connectivity index (χ4n) is 2.29. The summed E-state index contributed by atoms with van der Waals surface area (Å²) in [6.45, 7) is 4.97. The zero-order valence-corrected chi connectivity index (χ0v) is 13.0. The van der Waals surface area contributed by atoms with E-state index in [1.807, 2.05) is 38.1 Å². The van der Waals surface area contributed by atoms with Crippen LogP contribution in [0.4, 0.5) is 0 Å². The minimum Gasteiger partial charge on any atom is -0.353 e. The predicted molar refractivity (Wildman–Crippen MR) is 81.9 cm³/mol. The third kappa shape index (κ3) is 4.19. The van der Waals surface area contributed by atoms with Gasteiger partial charge >= 0.3 is 0 Å². The molecular weight excluding hydrogens is 290 g/mol. The first kappa shape index (κ1) is 15.8. The summed E-state index contributed by atoms with van der Waals surface area (Å²) in [7, 11) is 0. The van der Waals surface area contributed by atoms with Crippen molar-refractivity contribution in [3.05, 3.63) is 34.9 Å². The molecule has 2 N–H and O–H groups in total. The lowest BCUT2D eigenvalue weighted by atomic mass is 10.1. The molecule has 1 saturated heterocycles. The number of piperazine rings is 1. The minimum absolute atomic E-state index is 0.00928. The summed E-state index contributed by atoms with van der Waals surface area (Å²) in [6, 6.07) is 7.19. The van der Waals surface area contributed by atoms with E-state index in [9.17, 15) is 9.59 Å². The predicted octanol–water partition coefficient (Wildman–Crippen LogP) is 1.16. The van der Waals surface area contributed by atoms with Gasteiger partial charge < -0.3 is 10.2 Å². The highest BCUT2D eigenvalue weighted by Gasteiger charge is 2.29. The molecular formula is C15H20ClN3O2. The molecule has 0 aliphatic carbocycles. The largest absolute Gasteiger partial charge is 0.353 e. The van der Waals surface area contributed by atoms with E-state index in [0.717, 1.165) is 5.56 Å². The van der Waals surface area contributed by atoms with Crippen LogP contribution in [0.5, 0.6) is 0 Å². The third-order valence-corrected chi connectivity index (χ3v) is 3.69. The van der Waals surface area contributed by atoms with Gasteiger partial charge in [-0.1, -0.05) is 23.7 Å². The van der Waals surface area contributed by atoms with Crippen molar-refractivity contribution in [1.29, 1.82) is 0 Å². The molecule has 0 aromatic heterocycles. The average Bonchev–Trinajstić information content (AvgIpc) is 2.44. The monoisotopic (exact) mass is 309 g/mol. The van der Waals surface area contributed by atoms with Crippen LogP contribution in [0.15, 0.2) is 24.3 Å². The van der Waals surface area contributed by atoms with Gasteiger partial charge in [0.05, 0.1) is 6.54 Å². The van der Waals surface area contributed by atoms with Gasteiger partial charge in [0, 0.05) is 24.2 Å². The Labute approximate surface area is 129 Å². The van der Waals surface area contributed by atoms with Crippen LogP contribution in [0.1, 0.15) is 19.4 Å². The highest BCUT2D eigenvalue weighted by atomic mass is 35.5. The van der Waals surface area contributed by atoms with Gasteiger partial charge in [0.25, 0.3) is 0 Å². The minimum atomic E-state index is -0.371. The topological polar surface area (TPSA) is 61.4 Å². The molecule has 1 aliphatic rings. The normalized spacial score (nSPS) is 18.5. The van der Waals surface area contributed by atoms with Gasteiger partial charge in [-0.15, -0.1) is 0 Å². The molecule has 0 bridgehead atoms. The van der Waals surface area contributed by atoms with Crippen LogP contribution in [-0.2, 0) is 16.1 Å². The number of hydrogen-bond acceptors (Lipinski definition) is 3. The number of amides is 2. The average molecular weight is 310 g/mol. The quantitative estimate of drug-likeness (QED) is 0.877. The molecule has 114 valence electrons. The van der Waals surface area contributed by atoms with Crippen molar-refractivity contribution in [3.8, 4) is 0 Å². The summed E-state index contributed by atoms with van der Waals surface area (Å²) in [5.74, 6) is -0.0880. The lowest BCUT2D eigenvalue weighted by Crippen LogP contribution is -2.59. The molecule has 2 amide bonds. The van der Waals surface area contributed by atoms with E-state index in [1.54, 1.807) is 4.90 Å². The van der Waals surface area contributed by atoms with Crippen molar-refractivity contribution in [2.24, 2.45) is 0 Å². The van der Waals surface area contributed by atoms with E-state index in [1.165, 1.54) is 0 Å². The summed E-state index contributed by atoms with van der Waals surface area (Å²) < 4.78 is 0. The summed E-state index contributed by atoms with van der Waals surface area (Å²) in [4.78, 5) is 25.6. The standard InChI is InChI=1S/C15H20ClN3O2/c1-10(2)19(9-11-4-3-5-12(16)6-11)15(21)13-7-18-14(20)8-17-13/h3-6,10,13,17H,7-9H2,1-2H3,(H,18,20). The van der Waals surface area contributed by atoms with Crippen LogP contribution in [0.3, 0.4) is 0 Å². The van der Waals surface area contributed by atoms with Crippen LogP contribution in [0, 0.1) is 0 Å². The Hall–Kier alpha value is -1.59. The van der Waals surface area contributed by atoms with E-state index < -0.39 is 0 Å². The molecule has 1 atom stereocenters. The van der Waals surface area contributed by atoms with E-state index in [-0.39, 0.29) is 30.4 Å². The van der Waals surface area contributed by atoms with Crippen molar-refractivity contribution in [1.82, 2.24) is 15.5 Å². The smallest absolute Gasteiger partial charge is 0.242 e. The molecule has 6 heteroatoms. The summed E-state index contributed by atoms with van der Waals surface area (Å²) in [5.41, 5.74) is 0.990. The van der Waals surface area contributed by atoms with Crippen molar-refractivity contribution in [3.63, 3.8) is 0 Å². The molecule has 5 nitrogen and oxygen atoms in total. The Kier molecular flexibility index (Phi) is 5.20. The zero-order chi connectivity index (χ0) is 15.4. The van der Waals surface area contributed by atoms with Gasteiger partial charge in [0.15, 0.2) is 0 Å². The lowest BCUT2D eigenvalue weighted by molar-refractivity contribution is -0.137. The first-order chi connectivity index (χ1) is 9.97. The maximum atomic E-state index is 12.6. The molecule has 1 unspecified atom stereocenters. The van der Waals surface area contributed by atoms with E-state index in [4.69, 9.17) is 11.6 Å². The number of rotatable bonds is 4. The molecule has 0 radical (unpaired) electrons. The Morgan fingerprint density at radius 3 is 2.81 bits per heavy atom. The van der Waals surface area contributed by atoms with Gasteiger partial charge in [-0.25, -0.2) is 0 Å². The first-order valence-corrected chi connectivity index (χ1v) is 7.40. The van der Waals surface area contributed by atoms with Crippen molar-refractivity contribution < 1.29 is 9.59 Å². The number of carbonyl (C=O) groups is 2. The fourth-order valence-corrected chi connectivity index (χ4v) is 2.50. The second kappa shape index (κ2) is 6.91. The second-order valence-electron chi connectivity index (χ2n) is 5.43. The SMILES string of the molecule is CC(C)N(Cc1cccc(Cl)c1)C(=O)C1CNC(=O)CN1. The molecule has 2 rings (SSSR count). The van der Waals surface area contributed by atoms with Crippen LogP contribution in [0.25, 0.3) is 0 Å². The Morgan fingerprint density at radius 1 is 1.48 bits per heavy atom. The van der Waals surface area contributed by atoms with Gasteiger partial charge in [0.2, 0.25) is 11.8 Å². The van der Waals surface area contributed by atoms with Crippen molar-refractivity contribution in [2.45, 2.75) is 32.5 Å². The van der Waals surface area contributed by atoms with Crippen molar-refractivity contribution >= 4 is 23.4 Å². The molecule has 0 spiro atoms. The molecule has 1 aromatic rings. The van der Waals surface area contributed by atoms with Crippen LogP contribution < -0.4 is 10.6 Å². The molecule has 0 saturated carbocycles. The zero-order valence-electron chi connectivity index (χ0n) is 12.2. The number of nitrogens with zero attached hydrogens (tertiary/aromatic N) is 1. The number of hydrogen-bond donors (Lipinski definition) is 2. The van der Waals surface area contributed by atoms with Crippen molar-refractivity contribution in [2.75, 3.05) is 13.1 Å². The molecule has 1 aliphatic heterocycles. The second-order valence-corrected chi connectivity index (χ2v) is 5.86.